The average molecular weight is 568 g/mol. The first-order valence-corrected chi connectivity index (χ1v) is 17.6. The number of fused-ring (bicyclic) bond motifs is 6. The van der Waals surface area contributed by atoms with Crippen LogP contribution in [0, 0.1) is 23.7 Å². The first kappa shape index (κ1) is 25.4. The van der Waals surface area contributed by atoms with Gasteiger partial charge in [0.2, 0.25) is 0 Å². The Morgan fingerprint density at radius 3 is 2.65 bits per heavy atom. The number of aliphatic hydroxyl groups is 1. The highest BCUT2D eigenvalue weighted by Crippen LogP contribution is 2.55. The smallest absolute Gasteiger partial charge is 0.287 e. The maximum Gasteiger partial charge on any atom is 0.287 e. The Morgan fingerprint density at radius 1 is 1.19 bits per heavy atom. The predicted molar refractivity (Wildman–Crippen MR) is 142 cm³/mol. The number of hydrogen-bond acceptors (Lipinski definition) is 8. The summed E-state index contributed by atoms with van der Waals surface area (Å²) in [7, 11) is -7.47. The van der Waals surface area contributed by atoms with E-state index in [2.05, 4.69) is 9.71 Å². The molecule has 1 aromatic heterocycles. The maximum absolute atomic E-state index is 13.9. The summed E-state index contributed by atoms with van der Waals surface area (Å²) in [5, 5.41) is 16.4. The van der Waals surface area contributed by atoms with E-state index < -0.39 is 19.9 Å². The second-order valence-corrected chi connectivity index (χ2v) is 16.1. The van der Waals surface area contributed by atoms with Gasteiger partial charge in [0.05, 0.1) is 5.75 Å². The molecule has 1 aromatic rings. The molecule has 0 spiro atoms. The van der Waals surface area contributed by atoms with Gasteiger partial charge < -0.3 is 15.3 Å². The summed E-state index contributed by atoms with van der Waals surface area (Å²) in [6.45, 7) is 0.616. The number of carbonyl (C=O) groups is 1. The standard InChI is InChI=1S/C25H33N3O6S3/c1-36(31,32)11-9-17-13-35-24-22(17)37(33,34)27-23(26-24)19-21(29)18-15-6-7-16(12-15)20(18)28(25(19)30)10-8-14-4-2-3-5-14/h13-16,18,20,29H,2-12H2,1H3,(H,26,27)/t15-,16+,18?,20?/m0/s1. The molecule has 3 fully saturated rings. The molecule has 4 atom stereocenters. The lowest BCUT2D eigenvalue weighted by Crippen LogP contribution is -2.54. The molecule has 202 valence electrons. The Hall–Kier alpha value is -1.92. The van der Waals surface area contributed by atoms with Crippen molar-refractivity contribution in [1.82, 2.24) is 4.90 Å². The second-order valence-electron chi connectivity index (χ2n) is 11.4. The van der Waals surface area contributed by atoms with Crippen molar-refractivity contribution in [3.05, 3.63) is 22.3 Å². The lowest BCUT2D eigenvalue weighted by atomic mass is 9.77. The molecular formula is C25H33N3O6S3. The van der Waals surface area contributed by atoms with Crippen molar-refractivity contribution in [2.24, 2.45) is 28.1 Å². The number of aliphatic hydroxyl groups excluding tert-OH is 1. The van der Waals surface area contributed by atoms with E-state index in [-0.39, 0.29) is 58.0 Å². The summed E-state index contributed by atoms with van der Waals surface area (Å²) in [6, 6.07) is -0.0305. The molecule has 3 aliphatic carbocycles. The highest BCUT2D eigenvalue weighted by molar-refractivity contribution is 7.91. The molecule has 0 saturated heterocycles. The number of thiophene rings is 1. The van der Waals surface area contributed by atoms with Crippen LogP contribution in [0.15, 0.2) is 26.0 Å². The molecule has 3 heterocycles. The van der Waals surface area contributed by atoms with Crippen molar-refractivity contribution in [2.75, 3.05) is 23.9 Å². The zero-order valence-corrected chi connectivity index (χ0v) is 23.3. The Bertz CT molecular complexity index is 1400. The largest absolute Gasteiger partial charge is 0.511 e. The van der Waals surface area contributed by atoms with E-state index in [0.29, 0.717) is 28.9 Å². The number of amides is 1. The first-order valence-electron chi connectivity index (χ1n) is 13.2. The third kappa shape index (κ3) is 4.42. The average Bonchev–Trinajstić information content (AvgIpc) is 3.60. The summed E-state index contributed by atoms with van der Waals surface area (Å²) in [5.41, 5.74) is 0.362. The number of nitrogens with zero attached hydrogens (tertiary/aromatic N) is 2. The van der Waals surface area contributed by atoms with Crippen LogP contribution in [-0.4, -0.2) is 63.2 Å². The molecule has 0 radical (unpaired) electrons. The number of nitrogens with one attached hydrogen (secondary N) is 1. The fraction of sp³-hybridized carbons (Fsp3) is 0.680. The minimum absolute atomic E-state index is 0.0273. The third-order valence-electron chi connectivity index (χ3n) is 9.03. The fourth-order valence-corrected chi connectivity index (χ4v) is 10.6. The van der Waals surface area contributed by atoms with Gasteiger partial charge in [-0.3, -0.25) is 4.79 Å². The second kappa shape index (κ2) is 9.08. The molecule has 12 heteroatoms. The Kier molecular flexibility index (Phi) is 6.23. The van der Waals surface area contributed by atoms with Crippen LogP contribution in [0.1, 0.15) is 56.9 Å². The van der Waals surface area contributed by atoms with Crippen LogP contribution >= 0.6 is 11.3 Å². The van der Waals surface area contributed by atoms with Crippen LogP contribution in [0.25, 0.3) is 0 Å². The van der Waals surface area contributed by atoms with E-state index in [4.69, 9.17) is 0 Å². The zero-order chi connectivity index (χ0) is 26.1. The monoisotopic (exact) mass is 567 g/mol. The number of carbonyl (C=O) groups excluding carboxylic acids is 1. The van der Waals surface area contributed by atoms with Gasteiger partial charge in [0.25, 0.3) is 15.9 Å². The summed E-state index contributed by atoms with van der Waals surface area (Å²) in [6.07, 6.45) is 9.98. The van der Waals surface area contributed by atoms with Gasteiger partial charge >= 0.3 is 0 Å². The van der Waals surface area contributed by atoms with Gasteiger partial charge in [0.15, 0.2) is 5.84 Å². The number of hydrogen-bond donors (Lipinski definition) is 2. The lowest BCUT2D eigenvalue weighted by molar-refractivity contribution is -0.133. The summed E-state index contributed by atoms with van der Waals surface area (Å²) >= 11 is 1.14. The Balaban J connectivity index is 1.34. The van der Waals surface area contributed by atoms with E-state index in [1.807, 2.05) is 4.90 Å². The minimum atomic E-state index is -4.19. The van der Waals surface area contributed by atoms with E-state index >= 15 is 0 Å². The van der Waals surface area contributed by atoms with E-state index in [9.17, 15) is 26.7 Å². The minimum Gasteiger partial charge on any atom is -0.511 e. The zero-order valence-electron chi connectivity index (χ0n) is 20.8. The first-order chi connectivity index (χ1) is 17.5. The van der Waals surface area contributed by atoms with E-state index in [1.165, 1.54) is 25.7 Å². The van der Waals surface area contributed by atoms with Crippen LogP contribution in [-0.2, 0) is 31.1 Å². The molecule has 2 aliphatic heterocycles. The van der Waals surface area contributed by atoms with Crippen LogP contribution in [0.2, 0.25) is 0 Å². The topological polar surface area (TPSA) is 133 Å². The van der Waals surface area contributed by atoms with Crippen molar-refractivity contribution in [1.29, 1.82) is 0 Å². The van der Waals surface area contributed by atoms with E-state index in [0.717, 1.165) is 43.3 Å². The van der Waals surface area contributed by atoms with E-state index in [1.54, 1.807) is 5.38 Å². The van der Waals surface area contributed by atoms with Crippen LogP contribution in [0.5, 0.6) is 0 Å². The normalized spacial score (nSPS) is 30.9. The Labute approximate surface area is 222 Å². The summed E-state index contributed by atoms with van der Waals surface area (Å²) < 4.78 is 53.8. The third-order valence-corrected chi connectivity index (χ3v) is 12.5. The number of sulfone groups is 1. The molecule has 2 N–H and O–H groups in total. The van der Waals surface area contributed by atoms with Gasteiger partial charge in [-0.2, -0.15) is 8.42 Å². The molecular weight excluding hydrogens is 534 g/mol. The quantitative estimate of drug-likeness (QED) is 0.515. The molecule has 3 saturated carbocycles. The number of rotatable bonds is 7. The number of amidine groups is 1. The van der Waals surface area contributed by atoms with Crippen molar-refractivity contribution < 1.29 is 26.7 Å². The highest BCUT2D eigenvalue weighted by Gasteiger charge is 2.57. The molecule has 6 rings (SSSR count). The maximum atomic E-state index is 13.9. The summed E-state index contributed by atoms with van der Waals surface area (Å²) in [5.74, 6) is 0.411. The van der Waals surface area contributed by atoms with Crippen LogP contribution in [0.4, 0.5) is 5.00 Å². The van der Waals surface area contributed by atoms with Gasteiger partial charge in [-0.25, -0.2) is 8.42 Å². The van der Waals surface area contributed by atoms with Crippen LogP contribution in [0.3, 0.4) is 0 Å². The van der Waals surface area contributed by atoms with Crippen molar-refractivity contribution in [3.63, 3.8) is 0 Å². The van der Waals surface area contributed by atoms with Gasteiger partial charge in [-0.15, -0.1) is 15.7 Å². The number of anilines is 1. The van der Waals surface area contributed by atoms with Crippen molar-refractivity contribution >= 4 is 47.9 Å². The molecule has 37 heavy (non-hydrogen) atoms. The molecule has 0 aromatic carbocycles. The molecule has 2 bridgehead atoms. The van der Waals surface area contributed by atoms with Crippen molar-refractivity contribution in [2.45, 2.75) is 68.7 Å². The molecule has 1 amide bonds. The molecule has 9 nitrogen and oxygen atoms in total. The SMILES string of the molecule is CS(=O)(=O)CCc1csc2c1S(=O)(=O)N=C(C1=C(O)C3C([C@@H]4CC[C@H]3C4)N(CCC3CCCC3)C1=O)N2. The lowest BCUT2D eigenvalue weighted by Gasteiger charge is -2.44. The van der Waals surface area contributed by atoms with Crippen LogP contribution < -0.4 is 5.32 Å². The molecule has 5 aliphatic rings. The fourth-order valence-electron chi connectivity index (χ4n) is 7.37. The Morgan fingerprint density at radius 2 is 1.92 bits per heavy atom. The summed E-state index contributed by atoms with van der Waals surface area (Å²) in [4.78, 5) is 15.8. The van der Waals surface area contributed by atoms with Gasteiger partial charge in [-0.1, -0.05) is 25.7 Å². The molecule has 2 unspecified atom stereocenters. The van der Waals surface area contributed by atoms with Crippen molar-refractivity contribution in [3.8, 4) is 0 Å². The van der Waals surface area contributed by atoms with Gasteiger partial charge in [0, 0.05) is 24.8 Å². The highest BCUT2D eigenvalue weighted by atomic mass is 32.2. The van der Waals surface area contributed by atoms with Gasteiger partial charge in [-0.05, 0) is 60.8 Å². The number of sulfonamides is 1. The number of aryl methyl sites for hydroxylation is 1. The predicted octanol–water partition coefficient (Wildman–Crippen LogP) is 3.50. The van der Waals surface area contributed by atoms with Gasteiger partial charge in [0.1, 0.15) is 31.1 Å².